The normalized spacial score (nSPS) is 11.7. The van der Waals surface area contributed by atoms with Crippen molar-refractivity contribution in [2.75, 3.05) is 11.9 Å². The van der Waals surface area contributed by atoms with Crippen LogP contribution in [0.2, 0.25) is 0 Å². The van der Waals surface area contributed by atoms with Crippen LogP contribution in [0.1, 0.15) is 29.0 Å². The van der Waals surface area contributed by atoms with E-state index in [2.05, 4.69) is 63.8 Å². The first kappa shape index (κ1) is 26.3. The third-order valence-electron chi connectivity index (χ3n) is 7.25. The highest BCUT2D eigenvalue weighted by Gasteiger charge is 2.31. The maximum absolute atomic E-state index is 13.5. The first-order valence-corrected chi connectivity index (χ1v) is 13.4. The highest BCUT2D eigenvalue weighted by Crippen LogP contribution is 2.37. The van der Waals surface area contributed by atoms with E-state index in [-0.39, 0.29) is 5.92 Å². The number of rotatable bonds is 8. The molecule has 6 rings (SSSR count). The molecule has 0 aliphatic heterocycles. The molecule has 0 unspecified atom stereocenters. The van der Waals surface area contributed by atoms with Crippen molar-refractivity contribution >= 4 is 16.9 Å². The SMILES string of the molecule is FC(F)(F)c1cccc(-n2cc(-c3ccccc3)c3c(NCCC(c4ccccc4)c4ccccc4)ncnc32)c1. The summed E-state index contributed by atoms with van der Waals surface area (Å²) in [6.07, 6.45) is -0.340. The Kier molecular flexibility index (Phi) is 7.25. The fraction of sp³-hybridized carbons (Fsp3) is 0.118. The van der Waals surface area contributed by atoms with E-state index in [1.165, 1.54) is 23.5 Å². The molecule has 0 fully saturated rings. The fourth-order valence-corrected chi connectivity index (χ4v) is 5.29. The first-order valence-electron chi connectivity index (χ1n) is 13.4. The topological polar surface area (TPSA) is 42.7 Å². The van der Waals surface area contributed by atoms with Crippen molar-refractivity contribution < 1.29 is 13.2 Å². The van der Waals surface area contributed by atoms with E-state index in [1.807, 2.05) is 48.7 Å². The lowest BCUT2D eigenvalue weighted by Crippen LogP contribution is -2.11. The minimum absolute atomic E-state index is 0.186. The molecule has 4 nitrogen and oxygen atoms in total. The smallest absolute Gasteiger partial charge is 0.369 e. The van der Waals surface area contributed by atoms with Crippen molar-refractivity contribution in [3.05, 3.63) is 144 Å². The molecule has 0 spiro atoms. The summed E-state index contributed by atoms with van der Waals surface area (Å²) in [5.41, 5.74) is 4.42. The van der Waals surface area contributed by atoms with Crippen LogP contribution in [0.5, 0.6) is 0 Å². The highest BCUT2D eigenvalue weighted by atomic mass is 19.4. The van der Waals surface area contributed by atoms with Gasteiger partial charge in [-0.25, -0.2) is 9.97 Å². The summed E-state index contributed by atoms with van der Waals surface area (Å²) in [6, 6.07) is 35.8. The first-order chi connectivity index (χ1) is 20.0. The number of nitrogens with zero attached hydrogens (tertiary/aromatic N) is 3. The molecule has 4 aromatic carbocycles. The third-order valence-corrected chi connectivity index (χ3v) is 7.25. The van der Waals surface area contributed by atoms with Crippen LogP contribution in [0, 0.1) is 0 Å². The van der Waals surface area contributed by atoms with E-state index in [1.54, 1.807) is 10.6 Å². The van der Waals surface area contributed by atoms with Crippen molar-refractivity contribution in [2.24, 2.45) is 0 Å². The minimum atomic E-state index is -4.45. The van der Waals surface area contributed by atoms with Gasteiger partial charge in [0.05, 0.1) is 10.9 Å². The third kappa shape index (κ3) is 5.57. The predicted octanol–water partition coefficient (Wildman–Crippen LogP) is 8.74. The summed E-state index contributed by atoms with van der Waals surface area (Å²) in [4.78, 5) is 9.11. The average molecular weight is 549 g/mol. The van der Waals surface area contributed by atoms with E-state index in [0.29, 0.717) is 23.7 Å². The maximum atomic E-state index is 13.5. The molecule has 0 amide bonds. The standard InChI is InChI=1S/C34H27F3N4/c35-34(36,37)27-17-10-18-28(21-27)41-22-30(26-15-8-3-9-16-26)31-32(39-23-40-33(31)41)38-20-19-29(24-11-4-1-5-12-24)25-13-6-2-7-14-25/h1-18,21-23,29H,19-20H2,(H,38,39,40). The van der Waals surface area contributed by atoms with Crippen molar-refractivity contribution in [2.45, 2.75) is 18.5 Å². The van der Waals surface area contributed by atoms with Crippen LogP contribution in [-0.2, 0) is 6.18 Å². The van der Waals surface area contributed by atoms with Gasteiger partial charge >= 0.3 is 6.18 Å². The van der Waals surface area contributed by atoms with Gasteiger partial charge in [0.25, 0.3) is 0 Å². The van der Waals surface area contributed by atoms with Gasteiger partial charge in [-0.2, -0.15) is 13.2 Å². The zero-order valence-electron chi connectivity index (χ0n) is 22.1. The molecule has 2 aromatic heterocycles. The Labute approximate surface area is 236 Å². The Hall–Kier alpha value is -4.91. The van der Waals surface area contributed by atoms with Gasteiger partial charge in [-0.05, 0) is 41.3 Å². The van der Waals surface area contributed by atoms with Crippen molar-refractivity contribution in [1.29, 1.82) is 0 Å². The van der Waals surface area contributed by atoms with Crippen LogP contribution in [0.25, 0.3) is 27.8 Å². The summed E-state index contributed by atoms with van der Waals surface area (Å²) in [6.45, 7) is 0.629. The van der Waals surface area contributed by atoms with Crippen LogP contribution in [0.3, 0.4) is 0 Å². The summed E-state index contributed by atoms with van der Waals surface area (Å²) < 4.78 is 42.3. The van der Waals surface area contributed by atoms with Crippen LogP contribution in [-0.4, -0.2) is 21.1 Å². The number of aromatic nitrogens is 3. The van der Waals surface area contributed by atoms with Crippen LogP contribution >= 0.6 is 0 Å². The van der Waals surface area contributed by atoms with Crippen molar-refractivity contribution in [3.63, 3.8) is 0 Å². The summed E-state index contributed by atoms with van der Waals surface area (Å²) >= 11 is 0. The van der Waals surface area contributed by atoms with E-state index in [0.717, 1.165) is 35.1 Å². The maximum Gasteiger partial charge on any atom is 0.416 e. The molecule has 41 heavy (non-hydrogen) atoms. The second kappa shape index (κ2) is 11.3. The average Bonchev–Trinajstić information content (AvgIpc) is 3.41. The Balaban J connectivity index is 1.39. The van der Waals surface area contributed by atoms with Gasteiger partial charge in [0.2, 0.25) is 0 Å². The monoisotopic (exact) mass is 548 g/mol. The molecule has 1 N–H and O–H groups in total. The molecule has 0 saturated carbocycles. The molecule has 0 atom stereocenters. The second-order valence-corrected chi connectivity index (χ2v) is 9.84. The lowest BCUT2D eigenvalue weighted by atomic mass is 9.88. The zero-order valence-corrected chi connectivity index (χ0v) is 22.1. The Morgan fingerprint density at radius 2 is 1.37 bits per heavy atom. The lowest BCUT2D eigenvalue weighted by Gasteiger charge is -2.19. The van der Waals surface area contributed by atoms with E-state index in [9.17, 15) is 13.2 Å². The molecule has 0 saturated heterocycles. The molecule has 6 aromatic rings. The number of fused-ring (bicyclic) bond motifs is 1. The van der Waals surface area contributed by atoms with Gasteiger partial charge in [-0.15, -0.1) is 0 Å². The van der Waals surface area contributed by atoms with Gasteiger partial charge in [-0.3, -0.25) is 0 Å². The Morgan fingerprint density at radius 1 is 0.732 bits per heavy atom. The van der Waals surface area contributed by atoms with Gasteiger partial charge in [0.15, 0.2) is 5.65 Å². The van der Waals surface area contributed by atoms with Gasteiger partial charge in [0.1, 0.15) is 12.1 Å². The number of hydrogen-bond donors (Lipinski definition) is 1. The highest BCUT2D eigenvalue weighted by molar-refractivity contribution is 6.02. The summed E-state index contributed by atoms with van der Waals surface area (Å²) in [5, 5.41) is 4.28. The van der Waals surface area contributed by atoms with E-state index >= 15 is 0 Å². The summed E-state index contributed by atoms with van der Waals surface area (Å²) in [7, 11) is 0. The molecule has 0 bridgehead atoms. The zero-order chi connectivity index (χ0) is 28.2. The van der Waals surface area contributed by atoms with E-state index in [4.69, 9.17) is 0 Å². The molecule has 2 heterocycles. The Bertz CT molecular complexity index is 1710. The molecular formula is C34H27F3N4. The molecular weight excluding hydrogens is 521 g/mol. The second-order valence-electron chi connectivity index (χ2n) is 9.84. The number of hydrogen-bond acceptors (Lipinski definition) is 3. The summed E-state index contributed by atoms with van der Waals surface area (Å²) in [5.74, 6) is 0.824. The number of halogens is 3. The fourth-order valence-electron chi connectivity index (χ4n) is 5.29. The van der Waals surface area contributed by atoms with Crippen LogP contribution < -0.4 is 5.32 Å². The number of anilines is 1. The predicted molar refractivity (Wildman–Crippen MR) is 157 cm³/mol. The number of nitrogens with one attached hydrogen (secondary N) is 1. The molecule has 0 aliphatic carbocycles. The van der Waals surface area contributed by atoms with Gasteiger partial charge in [-0.1, -0.05) is 97.1 Å². The quantitative estimate of drug-likeness (QED) is 0.207. The van der Waals surface area contributed by atoms with E-state index < -0.39 is 11.7 Å². The van der Waals surface area contributed by atoms with Crippen LogP contribution in [0.4, 0.5) is 19.0 Å². The minimum Gasteiger partial charge on any atom is -0.369 e. The molecule has 204 valence electrons. The lowest BCUT2D eigenvalue weighted by molar-refractivity contribution is -0.137. The van der Waals surface area contributed by atoms with Gasteiger partial charge < -0.3 is 9.88 Å². The number of alkyl halides is 3. The largest absolute Gasteiger partial charge is 0.416 e. The Morgan fingerprint density at radius 3 is 2.00 bits per heavy atom. The molecule has 0 aliphatic rings. The van der Waals surface area contributed by atoms with Gasteiger partial charge in [0, 0.05) is 29.9 Å². The van der Waals surface area contributed by atoms with Crippen molar-refractivity contribution in [3.8, 4) is 16.8 Å². The van der Waals surface area contributed by atoms with Crippen LogP contribution in [0.15, 0.2) is 128 Å². The molecule has 7 heteroatoms. The van der Waals surface area contributed by atoms with Crippen molar-refractivity contribution in [1.82, 2.24) is 14.5 Å². The molecule has 0 radical (unpaired) electrons. The number of benzene rings is 4.